The van der Waals surface area contributed by atoms with Crippen LogP contribution in [0.1, 0.15) is 63.8 Å². The quantitative estimate of drug-likeness (QED) is 0.714. The predicted molar refractivity (Wildman–Crippen MR) is 79.7 cm³/mol. The van der Waals surface area contributed by atoms with Gasteiger partial charge in [-0.25, -0.2) is 0 Å². The van der Waals surface area contributed by atoms with E-state index in [-0.39, 0.29) is 10.8 Å². The molecule has 1 nitrogen and oxygen atoms in total. The van der Waals surface area contributed by atoms with Gasteiger partial charge >= 0.3 is 0 Å². The highest BCUT2D eigenvalue weighted by molar-refractivity contribution is 5.60. The highest BCUT2D eigenvalue weighted by Crippen LogP contribution is 2.36. The van der Waals surface area contributed by atoms with Gasteiger partial charge < -0.3 is 5.32 Å². The van der Waals surface area contributed by atoms with Gasteiger partial charge in [-0.15, -0.1) is 0 Å². The first-order valence-corrected chi connectivity index (χ1v) is 6.77. The maximum atomic E-state index is 3.30. The normalized spacial score (nSPS) is 15.2. The van der Waals surface area contributed by atoms with E-state index >= 15 is 0 Å². The Morgan fingerprint density at radius 1 is 0.889 bits per heavy atom. The molecule has 0 amide bonds. The van der Waals surface area contributed by atoms with Gasteiger partial charge in [0.05, 0.1) is 0 Å². The molecule has 0 unspecified atom stereocenters. The van der Waals surface area contributed by atoms with Crippen LogP contribution in [-0.2, 0) is 17.4 Å². The Labute approximate surface area is 111 Å². The molecule has 18 heavy (non-hydrogen) atoms. The van der Waals surface area contributed by atoms with Crippen molar-refractivity contribution < 1.29 is 0 Å². The first kappa shape index (κ1) is 13.2. The summed E-state index contributed by atoms with van der Waals surface area (Å²) in [6, 6.07) is 4.78. The summed E-state index contributed by atoms with van der Waals surface area (Å²) in [6.45, 7) is 14.7. The van der Waals surface area contributed by atoms with E-state index in [1.807, 2.05) is 6.20 Å². The van der Waals surface area contributed by atoms with E-state index in [9.17, 15) is 0 Å². The lowest BCUT2D eigenvalue weighted by molar-refractivity contribution is 0.529. The fourth-order valence-corrected chi connectivity index (χ4v) is 2.53. The third-order valence-electron chi connectivity index (χ3n) is 3.57. The maximum absolute atomic E-state index is 3.30. The topological polar surface area (TPSA) is 12.0 Å². The maximum Gasteiger partial charge on any atom is 0.0401 e. The molecule has 1 aromatic rings. The number of fused-ring (bicyclic) bond motifs is 1. The average molecular weight is 243 g/mol. The van der Waals surface area contributed by atoms with Gasteiger partial charge in [0.2, 0.25) is 0 Å². The predicted octanol–water partition coefficient (Wildman–Crippen LogP) is 4.36. The van der Waals surface area contributed by atoms with Crippen molar-refractivity contribution >= 4 is 6.08 Å². The molecule has 0 bridgehead atoms. The number of nitrogens with one attached hydrogen (secondary N) is 1. The Morgan fingerprint density at radius 3 is 2.00 bits per heavy atom. The molecule has 98 valence electrons. The third kappa shape index (κ3) is 2.45. The SMILES string of the molecule is CC(C)(C)c1cc2c(cc1C(C)(C)C)CNC=C2. The zero-order chi connectivity index (χ0) is 13.6. The van der Waals surface area contributed by atoms with Gasteiger partial charge in [-0.3, -0.25) is 0 Å². The number of rotatable bonds is 0. The van der Waals surface area contributed by atoms with Crippen molar-refractivity contribution in [1.82, 2.24) is 5.32 Å². The second kappa shape index (κ2) is 4.15. The van der Waals surface area contributed by atoms with Crippen molar-refractivity contribution in [1.29, 1.82) is 0 Å². The van der Waals surface area contributed by atoms with Gasteiger partial charge in [0.25, 0.3) is 0 Å². The summed E-state index contributed by atoms with van der Waals surface area (Å²) in [4.78, 5) is 0. The number of hydrogen-bond donors (Lipinski definition) is 1. The molecule has 0 radical (unpaired) electrons. The van der Waals surface area contributed by atoms with Crippen LogP contribution >= 0.6 is 0 Å². The minimum absolute atomic E-state index is 0.191. The molecule has 0 saturated heterocycles. The van der Waals surface area contributed by atoms with Crippen molar-refractivity contribution in [3.63, 3.8) is 0 Å². The van der Waals surface area contributed by atoms with E-state index in [1.165, 1.54) is 22.3 Å². The summed E-state index contributed by atoms with van der Waals surface area (Å²) in [7, 11) is 0. The van der Waals surface area contributed by atoms with Crippen molar-refractivity contribution in [2.24, 2.45) is 0 Å². The summed E-state index contributed by atoms with van der Waals surface area (Å²) < 4.78 is 0. The molecule has 1 aliphatic heterocycles. The molecule has 0 fully saturated rings. The van der Waals surface area contributed by atoms with E-state index < -0.39 is 0 Å². The van der Waals surface area contributed by atoms with E-state index in [0.29, 0.717) is 0 Å². The lowest BCUT2D eigenvalue weighted by Gasteiger charge is -2.32. The molecule has 0 spiro atoms. The van der Waals surface area contributed by atoms with Crippen LogP contribution in [0.15, 0.2) is 18.3 Å². The Hall–Kier alpha value is -1.24. The van der Waals surface area contributed by atoms with Gasteiger partial charge in [-0.05, 0) is 45.4 Å². The zero-order valence-electron chi connectivity index (χ0n) is 12.5. The Bertz CT molecular complexity index is 482. The van der Waals surface area contributed by atoms with Crippen LogP contribution in [0, 0.1) is 0 Å². The van der Waals surface area contributed by atoms with Crippen molar-refractivity contribution in [2.45, 2.75) is 58.9 Å². The Kier molecular flexibility index (Phi) is 3.04. The molecule has 0 saturated carbocycles. The number of benzene rings is 1. The minimum Gasteiger partial charge on any atom is -0.387 e. The molecule has 1 N–H and O–H groups in total. The Balaban J connectivity index is 2.67. The van der Waals surface area contributed by atoms with E-state index in [2.05, 4.69) is 65.1 Å². The summed E-state index contributed by atoms with van der Waals surface area (Å²) in [5.41, 5.74) is 6.11. The van der Waals surface area contributed by atoms with Crippen LogP contribution in [0.2, 0.25) is 0 Å². The highest BCUT2D eigenvalue weighted by atomic mass is 14.8. The van der Waals surface area contributed by atoms with Crippen molar-refractivity contribution in [3.05, 3.63) is 40.6 Å². The van der Waals surface area contributed by atoms with E-state index in [1.54, 1.807) is 0 Å². The van der Waals surface area contributed by atoms with Gasteiger partial charge in [-0.1, -0.05) is 53.7 Å². The second-order valence-corrected chi connectivity index (χ2v) is 7.31. The summed E-state index contributed by atoms with van der Waals surface area (Å²) in [5, 5.41) is 3.30. The minimum atomic E-state index is 0.191. The molecule has 0 atom stereocenters. The molecular formula is C17H25N. The standard InChI is InChI=1S/C17H25N/c1-16(2,3)14-9-12-7-8-18-11-13(12)10-15(14)17(4,5)6/h7-10,18H,11H2,1-6H3. The van der Waals surface area contributed by atoms with Gasteiger partial charge in [-0.2, -0.15) is 0 Å². The van der Waals surface area contributed by atoms with Crippen LogP contribution in [0.25, 0.3) is 6.08 Å². The summed E-state index contributed by atoms with van der Waals surface area (Å²) in [6.07, 6.45) is 4.23. The van der Waals surface area contributed by atoms with Crippen LogP contribution in [0.4, 0.5) is 0 Å². The first-order chi connectivity index (χ1) is 8.19. The third-order valence-corrected chi connectivity index (χ3v) is 3.57. The summed E-state index contributed by atoms with van der Waals surface area (Å²) in [5.74, 6) is 0. The molecule has 1 aromatic carbocycles. The lowest BCUT2D eigenvalue weighted by Crippen LogP contribution is -2.24. The molecule has 1 aliphatic rings. The second-order valence-electron chi connectivity index (χ2n) is 7.31. The fourth-order valence-electron chi connectivity index (χ4n) is 2.53. The molecule has 0 aromatic heterocycles. The first-order valence-electron chi connectivity index (χ1n) is 6.77. The van der Waals surface area contributed by atoms with Gasteiger partial charge in [0, 0.05) is 6.54 Å². The van der Waals surface area contributed by atoms with E-state index in [4.69, 9.17) is 0 Å². The monoisotopic (exact) mass is 243 g/mol. The van der Waals surface area contributed by atoms with Gasteiger partial charge in [0.15, 0.2) is 0 Å². The van der Waals surface area contributed by atoms with Crippen LogP contribution < -0.4 is 5.32 Å². The van der Waals surface area contributed by atoms with Crippen LogP contribution in [0.5, 0.6) is 0 Å². The molecule has 1 heterocycles. The highest BCUT2D eigenvalue weighted by Gasteiger charge is 2.26. The molecule has 1 heteroatoms. The summed E-state index contributed by atoms with van der Waals surface area (Å²) >= 11 is 0. The smallest absolute Gasteiger partial charge is 0.0401 e. The van der Waals surface area contributed by atoms with E-state index in [0.717, 1.165) is 6.54 Å². The molecule has 2 rings (SSSR count). The molecule has 0 aliphatic carbocycles. The van der Waals surface area contributed by atoms with Crippen molar-refractivity contribution in [2.75, 3.05) is 0 Å². The zero-order valence-corrected chi connectivity index (χ0v) is 12.5. The fraction of sp³-hybridized carbons (Fsp3) is 0.529. The molecular weight excluding hydrogens is 218 g/mol. The van der Waals surface area contributed by atoms with Crippen molar-refractivity contribution in [3.8, 4) is 0 Å². The van der Waals surface area contributed by atoms with Crippen LogP contribution in [-0.4, -0.2) is 0 Å². The van der Waals surface area contributed by atoms with Crippen LogP contribution in [0.3, 0.4) is 0 Å². The largest absolute Gasteiger partial charge is 0.387 e. The lowest BCUT2D eigenvalue weighted by atomic mass is 9.73. The average Bonchev–Trinajstić information content (AvgIpc) is 2.25. The number of hydrogen-bond acceptors (Lipinski definition) is 1. The van der Waals surface area contributed by atoms with Gasteiger partial charge in [0.1, 0.15) is 0 Å². The Morgan fingerprint density at radius 2 is 1.44 bits per heavy atom.